The van der Waals surface area contributed by atoms with E-state index in [0.29, 0.717) is 5.92 Å². The highest BCUT2D eigenvalue weighted by molar-refractivity contribution is 5.48. The number of hydrogen-bond donors (Lipinski definition) is 1. The molecule has 0 fully saturated rings. The van der Waals surface area contributed by atoms with E-state index in [1.54, 1.807) is 6.33 Å². The van der Waals surface area contributed by atoms with Crippen molar-refractivity contribution >= 4 is 5.69 Å². The third-order valence-corrected chi connectivity index (χ3v) is 2.81. The van der Waals surface area contributed by atoms with Crippen LogP contribution in [-0.4, -0.2) is 16.2 Å². The fraction of sp³-hybridized carbons (Fsp3) is 0.400. The average molecular weight is 259 g/mol. The number of ether oxygens (including phenoxy) is 1. The van der Waals surface area contributed by atoms with E-state index in [2.05, 4.69) is 24.1 Å². The van der Waals surface area contributed by atoms with E-state index in [-0.39, 0.29) is 0 Å². The van der Waals surface area contributed by atoms with E-state index in [0.717, 1.165) is 30.3 Å². The van der Waals surface area contributed by atoms with Crippen molar-refractivity contribution in [2.24, 2.45) is 13.0 Å². The zero-order chi connectivity index (χ0) is 13.7. The summed E-state index contributed by atoms with van der Waals surface area (Å²) in [6.07, 6.45) is 3.67. The van der Waals surface area contributed by atoms with Crippen LogP contribution in [0.25, 0.3) is 0 Å². The number of imidazole rings is 1. The Morgan fingerprint density at radius 2 is 2.21 bits per heavy atom. The molecule has 0 aliphatic rings. The van der Waals surface area contributed by atoms with E-state index in [1.165, 1.54) is 0 Å². The van der Waals surface area contributed by atoms with Crippen molar-refractivity contribution in [2.75, 3.05) is 11.9 Å². The highest BCUT2D eigenvalue weighted by Crippen LogP contribution is 2.18. The molecule has 0 saturated heterocycles. The Balaban J connectivity index is 1.93. The lowest BCUT2D eigenvalue weighted by atomic mass is 10.2. The molecule has 1 heterocycles. The molecule has 0 spiro atoms. The number of benzene rings is 1. The van der Waals surface area contributed by atoms with Crippen LogP contribution in [0, 0.1) is 5.92 Å². The van der Waals surface area contributed by atoms with E-state index >= 15 is 0 Å². The van der Waals surface area contributed by atoms with Crippen LogP contribution < -0.4 is 10.1 Å². The van der Waals surface area contributed by atoms with Crippen molar-refractivity contribution in [3.05, 3.63) is 42.5 Å². The van der Waals surface area contributed by atoms with Gasteiger partial charge in [0.2, 0.25) is 0 Å². The molecule has 0 atom stereocenters. The summed E-state index contributed by atoms with van der Waals surface area (Å²) in [5.41, 5.74) is 2.20. The molecule has 0 saturated carbocycles. The molecule has 0 aliphatic heterocycles. The van der Waals surface area contributed by atoms with Gasteiger partial charge in [0.1, 0.15) is 5.75 Å². The smallest absolute Gasteiger partial charge is 0.121 e. The molecule has 1 aromatic heterocycles. The Morgan fingerprint density at radius 3 is 2.89 bits per heavy atom. The van der Waals surface area contributed by atoms with Crippen molar-refractivity contribution in [3.8, 4) is 5.75 Å². The van der Waals surface area contributed by atoms with Crippen molar-refractivity contribution in [1.82, 2.24) is 9.55 Å². The van der Waals surface area contributed by atoms with Gasteiger partial charge in [-0.15, -0.1) is 0 Å². The molecule has 4 heteroatoms. The van der Waals surface area contributed by atoms with Crippen LogP contribution >= 0.6 is 0 Å². The Labute approximate surface area is 114 Å². The molecular weight excluding hydrogens is 238 g/mol. The van der Waals surface area contributed by atoms with Crippen molar-refractivity contribution in [1.29, 1.82) is 0 Å². The van der Waals surface area contributed by atoms with Crippen LogP contribution in [0.1, 0.15) is 19.5 Å². The maximum absolute atomic E-state index is 5.71. The summed E-state index contributed by atoms with van der Waals surface area (Å²) in [4.78, 5) is 4.10. The Kier molecular flexibility index (Phi) is 4.44. The zero-order valence-corrected chi connectivity index (χ0v) is 11.8. The van der Waals surface area contributed by atoms with Crippen LogP contribution in [0.3, 0.4) is 0 Å². The summed E-state index contributed by atoms with van der Waals surface area (Å²) < 4.78 is 7.72. The minimum Gasteiger partial charge on any atom is -0.493 e. The number of hydrogen-bond acceptors (Lipinski definition) is 3. The third-order valence-electron chi connectivity index (χ3n) is 2.81. The second kappa shape index (κ2) is 6.27. The van der Waals surface area contributed by atoms with Crippen LogP contribution in [0.15, 0.2) is 36.8 Å². The second-order valence-corrected chi connectivity index (χ2v) is 5.08. The summed E-state index contributed by atoms with van der Waals surface area (Å²) in [7, 11) is 1.99. The summed E-state index contributed by atoms with van der Waals surface area (Å²) in [6, 6.07) is 8.05. The first kappa shape index (κ1) is 13.5. The first-order valence-corrected chi connectivity index (χ1v) is 6.57. The van der Waals surface area contributed by atoms with Gasteiger partial charge in [0.15, 0.2) is 0 Å². The number of anilines is 1. The molecule has 4 nitrogen and oxygen atoms in total. The summed E-state index contributed by atoms with van der Waals surface area (Å²) in [5.74, 6) is 1.44. The van der Waals surface area contributed by atoms with Crippen LogP contribution in [0.4, 0.5) is 5.69 Å². The quantitative estimate of drug-likeness (QED) is 0.866. The minimum atomic E-state index is 0.533. The fourth-order valence-electron chi connectivity index (χ4n) is 1.71. The number of aromatic nitrogens is 2. The first-order valence-electron chi connectivity index (χ1n) is 6.57. The first-order chi connectivity index (χ1) is 9.15. The molecule has 19 heavy (non-hydrogen) atoms. The molecule has 0 unspecified atom stereocenters. The number of nitrogens with zero attached hydrogens (tertiary/aromatic N) is 2. The van der Waals surface area contributed by atoms with Crippen molar-refractivity contribution in [2.45, 2.75) is 20.4 Å². The van der Waals surface area contributed by atoms with Gasteiger partial charge in [-0.2, -0.15) is 0 Å². The fourth-order valence-corrected chi connectivity index (χ4v) is 1.71. The minimum absolute atomic E-state index is 0.533. The van der Waals surface area contributed by atoms with E-state index in [1.807, 2.05) is 42.1 Å². The van der Waals surface area contributed by atoms with Gasteiger partial charge in [-0.25, -0.2) is 4.98 Å². The molecule has 0 radical (unpaired) electrons. The lowest BCUT2D eigenvalue weighted by Crippen LogP contribution is -2.06. The number of aryl methyl sites for hydroxylation is 1. The van der Waals surface area contributed by atoms with Crippen LogP contribution in [0.2, 0.25) is 0 Å². The largest absolute Gasteiger partial charge is 0.493 e. The van der Waals surface area contributed by atoms with Crippen molar-refractivity contribution < 1.29 is 4.74 Å². The highest BCUT2D eigenvalue weighted by atomic mass is 16.5. The topological polar surface area (TPSA) is 39.1 Å². The zero-order valence-electron chi connectivity index (χ0n) is 11.8. The standard InChI is InChI=1S/C15H21N3O/c1-12(2)10-19-15-6-4-5-13(7-15)17-9-14-8-16-11-18(14)3/h4-8,11-12,17H,9-10H2,1-3H3. The van der Waals surface area contributed by atoms with Gasteiger partial charge in [-0.05, 0) is 18.1 Å². The maximum Gasteiger partial charge on any atom is 0.121 e. The normalized spacial score (nSPS) is 10.7. The van der Waals surface area contributed by atoms with E-state index in [9.17, 15) is 0 Å². The number of rotatable bonds is 6. The van der Waals surface area contributed by atoms with Gasteiger partial charge in [0.05, 0.1) is 25.2 Å². The predicted octanol–water partition coefficient (Wildman–Crippen LogP) is 3.07. The Hall–Kier alpha value is -1.97. The molecule has 2 rings (SSSR count). The van der Waals surface area contributed by atoms with Gasteiger partial charge in [-0.3, -0.25) is 0 Å². The van der Waals surface area contributed by atoms with E-state index < -0.39 is 0 Å². The molecule has 2 aromatic rings. The average Bonchev–Trinajstić information content (AvgIpc) is 2.80. The van der Waals surface area contributed by atoms with Gasteiger partial charge in [0, 0.05) is 25.0 Å². The number of nitrogens with one attached hydrogen (secondary N) is 1. The van der Waals surface area contributed by atoms with Gasteiger partial charge >= 0.3 is 0 Å². The molecule has 0 amide bonds. The van der Waals surface area contributed by atoms with Gasteiger partial charge < -0.3 is 14.6 Å². The molecule has 0 bridgehead atoms. The SMILES string of the molecule is CC(C)COc1cccc(NCc2cncn2C)c1. The maximum atomic E-state index is 5.71. The summed E-state index contributed by atoms with van der Waals surface area (Å²) in [6.45, 7) is 5.78. The molecule has 1 N–H and O–H groups in total. The molecule has 102 valence electrons. The monoisotopic (exact) mass is 259 g/mol. The lowest BCUT2D eigenvalue weighted by Gasteiger charge is -2.11. The summed E-state index contributed by atoms with van der Waals surface area (Å²) in [5, 5.41) is 3.38. The summed E-state index contributed by atoms with van der Waals surface area (Å²) >= 11 is 0. The van der Waals surface area contributed by atoms with Gasteiger partial charge in [-0.1, -0.05) is 19.9 Å². The second-order valence-electron chi connectivity index (χ2n) is 5.08. The lowest BCUT2D eigenvalue weighted by molar-refractivity contribution is 0.271. The predicted molar refractivity (Wildman–Crippen MR) is 77.3 cm³/mol. The van der Waals surface area contributed by atoms with Gasteiger partial charge in [0.25, 0.3) is 0 Å². The van der Waals surface area contributed by atoms with Crippen LogP contribution in [-0.2, 0) is 13.6 Å². The van der Waals surface area contributed by atoms with Crippen molar-refractivity contribution in [3.63, 3.8) is 0 Å². The molecule has 0 aliphatic carbocycles. The Morgan fingerprint density at radius 1 is 1.37 bits per heavy atom. The van der Waals surface area contributed by atoms with E-state index in [4.69, 9.17) is 4.74 Å². The molecular formula is C15H21N3O. The highest BCUT2D eigenvalue weighted by Gasteiger charge is 2.01. The molecule has 1 aromatic carbocycles. The Bertz CT molecular complexity index is 520. The third kappa shape index (κ3) is 4.02. The van der Waals surface area contributed by atoms with Crippen LogP contribution in [0.5, 0.6) is 5.75 Å².